The fourth-order valence-corrected chi connectivity index (χ4v) is 3.00. The van der Waals surface area contributed by atoms with Crippen molar-refractivity contribution in [2.75, 3.05) is 6.61 Å². The highest BCUT2D eigenvalue weighted by molar-refractivity contribution is 7.11. The summed E-state index contributed by atoms with van der Waals surface area (Å²) in [7, 11) is 0. The molecule has 0 saturated carbocycles. The van der Waals surface area contributed by atoms with Gasteiger partial charge in [0.1, 0.15) is 5.75 Å². The Bertz CT molecular complexity index is 556. The maximum Gasteiger partial charge on any atom is 0.119 e. The first-order valence-corrected chi connectivity index (χ1v) is 7.74. The molecule has 20 heavy (non-hydrogen) atoms. The summed E-state index contributed by atoms with van der Waals surface area (Å²) in [5, 5.41) is 10.3. The van der Waals surface area contributed by atoms with Gasteiger partial charge in [0.25, 0.3) is 0 Å². The van der Waals surface area contributed by atoms with Crippen LogP contribution in [0.4, 0.5) is 0 Å². The molecule has 0 spiro atoms. The van der Waals surface area contributed by atoms with Crippen molar-refractivity contribution < 1.29 is 9.84 Å². The van der Waals surface area contributed by atoms with E-state index >= 15 is 0 Å². The number of aliphatic hydroxyl groups excluding tert-OH is 1. The van der Waals surface area contributed by atoms with Crippen molar-refractivity contribution in [3.05, 3.63) is 44.9 Å². The summed E-state index contributed by atoms with van der Waals surface area (Å²) in [6.07, 6.45) is 1.65. The van der Waals surface area contributed by atoms with E-state index in [1.54, 1.807) is 11.3 Å². The Morgan fingerprint density at radius 3 is 2.65 bits per heavy atom. The maximum absolute atomic E-state index is 9.26. The first kappa shape index (κ1) is 15.0. The summed E-state index contributed by atoms with van der Waals surface area (Å²) in [5.41, 5.74) is 3.53. The highest BCUT2D eigenvalue weighted by Gasteiger charge is 2.08. The normalized spacial score (nSPS) is 10.8. The quantitative estimate of drug-likeness (QED) is 0.886. The van der Waals surface area contributed by atoms with Crippen LogP contribution in [-0.4, -0.2) is 16.7 Å². The molecule has 0 radical (unpaired) electrons. The van der Waals surface area contributed by atoms with Gasteiger partial charge >= 0.3 is 0 Å². The molecule has 0 aliphatic heterocycles. The molecule has 2 rings (SSSR count). The molecule has 0 aliphatic carbocycles. The molecule has 1 aromatic carbocycles. The first-order chi connectivity index (χ1) is 9.63. The topological polar surface area (TPSA) is 42.4 Å². The minimum atomic E-state index is 0.0822. The molecule has 1 heterocycles. The Labute approximate surface area is 124 Å². The second kappa shape index (κ2) is 6.86. The van der Waals surface area contributed by atoms with Crippen molar-refractivity contribution >= 4 is 11.3 Å². The zero-order valence-corrected chi connectivity index (χ0v) is 13.1. The lowest BCUT2D eigenvalue weighted by Gasteiger charge is -2.07. The Hall–Kier alpha value is -1.39. The van der Waals surface area contributed by atoms with E-state index in [2.05, 4.69) is 37.9 Å². The van der Waals surface area contributed by atoms with Crippen LogP contribution in [0.3, 0.4) is 0 Å². The summed E-state index contributed by atoms with van der Waals surface area (Å²) in [4.78, 5) is 5.52. The van der Waals surface area contributed by atoms with Crippen LogP contribution in [0.15, 0.2) is 18.2 Å². The number of hydrogen-bond acceptors (Lipinski definition) is 4. The van der Waals surface area contributed by atoms with Gasteiger partial charge in [0.15, 0.2) is 0 Å². The molecular weight excluding hydrogens is 270 g/mol. The number of aryl methyl sites for hydroxylation is 3. The zero-order chi connectivity index (χ0) is 14.5. The Morgan fingerprint density at radius 1 is 1.25 bits per heavy atom. The van der Waals surface area contributed by atoms with Gasteiger partial charge < -0.3 is 9.84 Å². The molecular formula is C16H21NO2S. The Morgan fingerprint density at radius 2 is 2.05 bits per heavy atom. The summed E-state index contributed by atoms with van der Waals surface area (Å²) >= 11 is 1.58. The van der Waals surface area contributed by atoms with Crippen LogP contribution in [0.2, 0.25) is 0 Å². The average Bonchev–Trinajstić information content (AvgIpc) is 2.85. The number of benzene rings is 1. The van der Waals surface area contributed by atoms with Crippen molar-refractivity contribution in [3.63, 3.8) is 0 Å². The number of rotatable bonds is 6. The molecule has 0 saturated heterocycles. The third-order valence-corrected chi connectivity index (χ3v) is 4.51. The van der Waals surface area contributed by atoms with Crippen molar-refractivity contribution in [1.82, 2.24) is 4.98 Å². The third-order valence-electron chi connectivity index (χ3n) is 3.36. The molecule has 108 valence electrons. The monoisotopic (exact) mass is 291 g/mol. The van der Waals surface area contributed by atoms with Crippen LogP contribution < -0.4 is 4.74 Å². The predicted octanol–water partition coefficient (Wildman–Crippen LogP) is 3.44. The van der Waals surface area contributed by atoms with Crippen LogP contribution in [0.25, 0.3) is 0 Å². The summed E-state index contributed by atoms with van der Waals surface area (Å²) in [6, 6.07) is 6.14. The fourth-order valence-electron chi connectivity index (χ4n) is 2.00. The summed E-state index contributed by atoms with van der Waals surface area (Å²) in [6.45, 7) is 6.94. The lowest BCUT2D eigenvalue weighted by atomic mass is 10.1. The van der Waals surface area contributed by atoms with E-state index in [-0.39, 0.29) is 6.61 Å². The van der Waals surface area contributed by atoms with E-state index in [0.29, 0.717) is 6.61 Å². The number of ether oxygens (including phenoxy) is 1. The molecule has 0 fully saturated rings. The fraction of sp³-hybridized carbons (Fsp3) is 0.438. The van der Waals surface area contributed by atoms with E-state index in [4.69, 9.17) is 4.74 Å². The van der Waals surface area contributed by atoms with E-state index in [9.17, 15) is 5.11 Å². The smallest absolute Gasteiger partial charge is 0.119 e. The van der Waals surface area contributed by atoms with Gasteiger partial charge in [0, 0.05) is 6.42 Å². The SMILES string of the molecule is CCc1nc(CCOc2ccc(C)c(C)c2)sc1CO. The van der Waals surface area contributed by atoms with E-state index < -0.39 is 0 Å². The van der Waals surface area contributed by atoms with Crippen molar-refractivity contribution in [1.29, 1.82) is 0 Å². The highest BCUT2D eigenvalue weighted by atomic mass is 32.1. The summed E-state index contributed by atoms with van der Waals surface area (Å²) < 4.78 is 5.77. The first-order valence-electron chi connectivity index (χ1n) is 6.92. The molecule has 1 N–H and O–H groups in total. The number of hydrogen-bond donors (Lipinski definition) is 1. The molecule has 0 unspecified atom stereocenters. The average molecular weight is 291 g/mol. The predicted molar refractivity (Wildman–Crippen MR) is 82.5 cm³/mol. The van der Waals surface area contributed by atoms with E-state index in [1.807, 2.05) is 6.07 Å². The van der Waals surface area contributed by atoms with E-state index in [0.717, 1.165) is 34.2 Å². The number of nitrogens with zero attached hydrogens (tertiary/aromatic N) is 1. The summed E-state index contributed by atoms with van der Waals surface area (Å²) in [5.74, 6) is 0.905. The van der Waals surface area contributed by atoms with Gasteiger partial charge in [0.05, 0.1) is 28.8 Å². The van der Waals surface area contributed by atoms with Gasteiger partial charge in [-0.1, -0.05) is 13.0 Å². The van der Waals surface area contributed by atoms with Crippen LogP contribution in [0, 0.1) is 13.8 Å². The Balaban J connectivity index is 1.92. The van der Waals surface area contributed by atoms with Gasteiger partial charge in [-0.15, -0.1) is 11.3 Å². The maximum atomic E-state index is 9.26. The molecule has 0 aliphatic rings. The molecule has 1 aromatic heterocycles. The van der Waals surface area contributed by atoms with E-state index in [1.165, 1.54) is 11.1 Å². The van der Waals surface area contributed by atoms with Gasteiger partial charge in [-0.25, -0.2) is 4.98 Å². The molecule has 4 heteroatoms. The minimum Gasteiger partial charge on any atom is -0.493 e. The van der Waals surface area contributed by atoms with Gasteiger partial charge in [-0.2, -0.15) is 0 Å². The second-order valence-corrected chi connectivity index (χ2v) is 6.00. The van der Waals surface area contributed by atoms with Gasteiger partial charge in [0.2, 0.25) is 0 Å². The molecule has 0 bridgehead atoms. The highest BCUT2D eigenvalue weighted by Crippen LogP contribution is 2.21. The molecule has 2 aromatic rings. The standard InChI is InChI=1S/C16H21NO2S/c1-4-14-15(10-18)20-16(17-14)7-8-19-13-6-5-11(2)12(3)9-13/h5-6,9,18H,4,7-8,10H2,1-3H3. The molecule has 3 nitrogen and oxygen atoms in total. The van der Waals surface area contributed by atoms with Gasteiger partial charge in [-0.3, -0.25) is 0 Å². The number of aromatic nitrogens is 1. The molecule has 0 amide bonds. The van der Waals surface area contributed by atoms with Crippen molar-refractivity contribution in [2.24, 2.45) is 0 Å². The number of thiazole rings is 1. The van der Waals surface area contributed by atoms with Gasteiger partial charge in [-0.05, 0) is 43.5 Å². The lowest BCUT2D eigenvalue weighted by molar-refractivity contribution is 0.284. The lowest BCUT2D eigenvalue weighted by Crippen LogP contribution is -2.01. The second-order valence-electron chi connectivity index (χ2n) is 4.83. The zero-order valence-electron chi connectivity index (χ0n) is 12.3. The third kappa shape index (κ3) is 3.58. The van der Waals surface area contributed by atoms with Crippen molar-refractivity contribution in [3.8, 4) is 5.75 Å². The van der Waals surface area contributed by atoms with Crippen LogP contribution in [0.5, 0.6) is 5.75 Å². The van der Waals surface area contributed by atoms with Crippen LogP contribution >= 0.6 is 11.3 Å². The van der Waals surface area contributed by atoms with Crippen LogP contribution in [0.1, 0.15) is 33.6 Å². The molecule has 0 atom stereocenters. The van der Waals surface area contributed by atoms with Crippen molar-refractivity contribution in [2.45, 2.75) is 40.2 Å². The Kier molecular flexibility index (Phi) is 5.15. The number of aliphatic hydroxyl groups is 1. The minimum absolute atomic E-state index is 0.0822. The largest absolute Gasteiger partial charge is 0.493 e. The van der Waals surface area contributed by atoms with Crippen LogP contribution in [-0.2, 0) is 19.4 Å².